The van der Waals surface area contributed by atoms with Crippen molar-refractivity contribution in [3.05, 3.63) is 66.2 Å². The number of hydrogen-bond donors (Lipinski definition) is 2. The molecule has 1 saturated heterocycles. The first-order valence-corrected chi connectivity index (χ1v) is 11.8. The van der Waals surface area contributed by atoms with Crippen LogP contribution in [-0.4, -0.2) is 46.7 Å². The standard InChI is InChI=1S/C27H33NO6/c1-33-22-12-14-23(15-13-22)34-24-8-6-7-20(19-24)25(29)16-10-21-11-17-26(30)28(21)18-5-3-2-4-9-27(31)32/h6-8,10,12-16,19,21,25,29H,2-5,9,11,17-18H2,1H3,(H,31,32)/b16-10+/t21-,25?/m0/s1. The number of nitrogens with zero attached hydrogens (tertiary/aromatic N) is 1. The lowest BCUT2D eigenvalue weighted by molar-refractivity contribution is -0.137. The highest BCUT2D eigenvalue weighted by molar-refractivity contribution is 5.79. The molecule has 2 N–H and O–H groups in total. The molecule has 3 rings (SSSR count). The summed E-state index contributed by atoms with van der Waals surface area (Å²) in [4.78, 5) is 24.7. The second-order valence-corrected chi connectivity index (χ2v) is 8.43. The Hall–Kier alpha value is -3.32. The molecule has 2 aromatic carbocycles. The number of amides is 1. The number of carboxylic acids is 1. The zero-order valence-electron chi connectivity index (χ0n) is 19.6. The second kappa shape index (κ2) is 12.8. The molecule has 0 aliphatic carbocycles. The van der Waals surface area contributed by atoms with E-state index in [-0.39, 0.29) is 18.4 Å². The highest BCUT2D eigenvalue weighted by Gasteiger charge is 2.28. The summed E-state index contributed by atoms with van der Waals surface area (Å²) < 4.78 is 11.0. The lowest BCUT2D eigenvalue weighted by atomic mass is 10.1. The molecule has 0 aromatic heterocycles. The van der Waals surface area contributed by atoms with E-state index in [4.69, 9.17) is 14.6 Å². The average molecular weight is 468 g/mol. The van der Waals surface area contributed by atoms with Crippen LogP contribution in [0.15, 0.2) is 60.7 Å². The van der Waals surface area contributed by atoms with Gasteiger partial charge in [0.2, 0.25) is 5.91 Å². The predicted octanol–water partition coefficient (Wildman–Crippen LogP) is 5.10. The van der Waals surface area contributed by atoms with Gasteiger partial charge in [0.1, 0.15) is 17.2 Å². The van der Waals surface area contributed by atoms with Crippen LogP contribution in [0.5, 0.6) is 17.2 Å². The van der Waals surface area contributed by atoms with Crippen molar-refractivity contribution in [3.63, 3.8) is 0 Å². The smallest absolute Gasteiger partial charge is 0.303 e. The molecule has 1 fully saturated rings. The maximum Gasteiger partial charge on any atom is 0.303 e. The highest BCUT2D eigenvalue weighted by atomic mass is 16.5. The summed E-state index contributed by atoms with van der Waals surface area (Å²) in [5.74, 6) is 1.40. The maximum atomic E-state index is 12.3. The quantitative estimate of drug-likeness (QED) is 0.314. The molecule has 1 heterocycles. The Labute approximate surface area is 200 Å². The van der Waals surface area contributed by atoms with Crippen molar-refractivity contribution in [1.82, 2.24) is 4.90 Å². The molecule has 1 amide bonds. The van der Waals surface area contributed by atoms with Gasteiger partial charge in [0.25, 0.3) is 0 Å². The van der Waals surface area contributed by atoms with E-state index in [0.29, 0.717) is 36.4 Å². The SMILES string of the molecule is COc1ccc(Oc2cccc(C(O)/C=C/[C@H]3CCC(=O)N3CCCCCCC(=O)O)c2)cc1. The fourth-order valence-electron chi connectivity index (χ4n) is 4.04. The molecule has 182 valence electrons. The number of aliphatic carboxylic acids is 1. The van der Waals surface area contributed by atoms with E-state index < -0.39 is 12.1 Å². The number of likely N-dealkylation sites (tertiary alicyclic amines) is 1. The van der Waals surface area contributed by atoms with Crippen LogP contribution in [0.2, 0.25) is 0 Å². The van der Waals surface area contributed by atoms with Crippen molar-refractivity contribution in [1.29, 1.82) is 0 Å². The molecule has 0 spiro atoms. The number of carbonyl (C=O) groups excluding carboxylic acids is 1. The van der Waals surface area contributed by atoms with E-state index in [0.717, 1.165) is 31.4 Å². The lowest BCUT2D eigenvalue weighted by Gasteiger charge is -2.22. The molecule has 2 atom stereocenters. The number of carboxylic acid groups (broad SMARTS) is 1. The van der Waals surface area contributed by atoms with Crippen LogP contribution in [-0.2, 0) is 9.59 Å². The molecule has 7 heteroatoms. The summed E-state index contributed by atoms with van der Waals surface area (Å²) in [5.41, 5.74) is 0.705. The molecular formula is C27H33NO6. The summed E-state index contributed by atoms with van der Waals surface area (Å²) in [6.07, 6.45) is 7.54. The van der Waals surface area contributed by atoms with Crippen LogP contribution in [0.1, 0.15) is 56.6 Å². The first-order chi connectivity index (χ1) is 16.5. The Morgan fingerprint density at radius 3 is 2.56 bits per heavy atom. The zero-order chi connectivity index (χ0) is 24.3. The van der Waals surface area contributed by atoms with Crippen molar-refractivity contribution >= 4 is 11.9 Å². The van der Waals surface area contributed by atoms with Gasteiger partial charge in [-0.2, -0.15) is 0 Å². The van der Waals surface area contributed by atoms with E-state index in [2.05, 4.69) is 0 Å². The van der Waals surface area contributed by atoms with Gasteiger partial charge in [0.15, 0.2) is 0 Å². The van der Waals surface area contributed by atoms with Crippen LogP contribution in [0.4, 0.5) is 0 Å². The largest absolute Gasteiger partial charge is 0.497 e. The number of methoxy groups -OCH3 is 1. The maximum absolute atomic E-state index is 12.3. The number of ether oxygens (including phenoxy) is 2. The van der Waals surface area contributed by atoms with E-state index >= 15 is 0 Å². The Morgan fingerprint density at radius 1 is 1.09 bits per heavy atom. The summed E-state index contributed by atoms with van der Waals surface area (Å²) >= 11 is 0. The summed E-state index contributed by atoms with van der Waals surface area (Å²) in [5, 5.41) is 19.4. The van der Waals surface area contributed by atoms with Gasteiger partial charge in [-0.15, -0.1) is 0 Å². The van der Waals surface area contributed by atoms with Gasteiger partial charge in [0, 0.05) is 19.4 Å². The zero-order valence-corrected chi connectivity index (χ0v) is 19.6. The fourth-order valence-corrected chi connectivity index (χ4v) is 4.04. The first kappa shape index (κ1) is 25.3. The number of aliphatic hydroxyl groups is 1. The molecule has 0 radical (unpaired) electrons. The topological polar surface area (TPSA) is 96.3 Å². The molecule has 1 unspecified atom stereocenters. The minimum atomic E-state index is -0.812. The molecule has 0 bridgehead atoms. The highest BCUT2D eigenvalue weighted by Crippen LogP contribution is 2.27. The molecular weight excluding hydrogens is 434 g/mol. The molecule has 34 heavy (non-hydrogen) atoms. The van der Waals surface area contributed by atoms with Gasteiger partial charge < -0.3 is 24.6 Å². The number of hydrogen-bond acceptors (Lipinski definition) is 5. The normalized spacial score (nSPS) is 16.7. The fraction of sp³-hybridized carbons (Fsp3) is 0.407. The van der Waals surface area contributed by atoms with Gasteiger partial charge in [-0.3, -0.25) is 9.59 Å². The van der Waals surface area contributed by atoms with Crippen LogP contribution in [0, 0.1) is 0 Å². The van der Waals surface area contributed by atoms with Crippen molar-refractivity contribution < 1.29 is 29.3 Å². The van der Waals surface area contributed by atoms with Gasteiger partial charge >= 0.3 is 5.97 Å². The second-order valence-electron chi connectivity index (χ2n) is 8.43. The molecule has 0 saturated carbocycles. The minimum absolute atomic E-state index is 0.0279. The number of carbonyl (C=O) groups is 2. The van der Waals surface area contributed by atoms with Crippen LogP contribution >= 0.6 is 0 Å². The third-order valence-corrected chi connectivity index (χ3v) is 5.92. The van der Waals surface area contributed by atoms with Gasteiger partial charge in [-0.05, 0) is 61.2 Å². The number of rotatable bonds is 13. The molecule has 7 nitrogen and oxygen atoms in total. The minimum Gasteiger partial charge on any atom is -0.497 e. The Balaban J connectivity index is 1.53. The Kier molecular flexibility index (Phi) is 9.52. The van der Waals surface area contributed by atoms with E-state index in [1.165, 1.54) is 0 Å². The van der Waals surface area contributed by atoms with E-state index in [9.17, 15) is 14.7 Å². The van der Waals surface area contributed by atoms with Gasteiger partial charge in [0.05, 0.1) is 19.3 Å². The van der Waals surface area contributed by atoms with Crippen molar-refractivity contribution in [2.24, 2.45) is 0 Å². The number of benzene rings is 2. The van der Waals surface area contributed by atoms with Crippen molar-refractivity contribution in [2.45, 2.75) is 57.1 Å². The monoisotopic (exact) mass is 467 g/mol. The van der Waals surface area contributed by atoms with Crippen LogP contribution in [0.3, 0.4) is 0 Å². The average Bonchev–Trinajstić information content (AvgIpc) is 3.19. The number of unbranched alkanes of at least 4 members (excludes halogenated alkanes) is 3. The van der Waals surface area contributed by atoms with Gasteiger partial charge in [-0.25, -0.2) is 0 Å². The third kappa shape index (κ3) is 7.63. The Bertz CT molecular complexity index is 971. The first-order valence-electron chi connectivity index (χ1n) is 11.8. The third-order valence-electron chi connectivity index (χ3n) is 5.92. The van der Waals surface area contributed by atoms with Gasteiger partial charge in [-0.1, -0.05) is 37.1 Å². The lowest BCUT2D eigenvalue weighted by Crippen LogP contribution is -2.32. The van der Waals surface area contributed by atoms with Crippen LogP contribution < -0.4 is 9.47 Å². The summed E-state index contributed by atoms with van der Waals surface area (Å²) in [6.45, 7) is 0.655. The van der Waals surface area contributed by atoms with Crippen LogP contribution in [0.25, 0.3) is 0 Å². The number of aliphatic hydroxyl groups excluding tert-OH is 1. The van der Waals surface area contributed by atoms with Crippen molar-refractivity contribution in [3.8, 4) is 17.2 Å². The summed E-state index contributed by atoms with van der Waals surface area (Å²) in [7, 11) is 1.61. The van der Waals surface area contributed by atoms with E-state index in [1.54, 1.807) is 19.3 Å². The molecule has 2 aromatic rings. The molecule has 1 aliphatic heterocycles. The predicted molar refractivity (Wildman–Crippen MR) is 129 cm³/mol. The Morgan fingerprint density at radius 2 is 1.82 bits per heavy atom. The molecule has 1 aliphatic rings. The van der Waals surface area contributed by atoms with E-state index in [1.807, 2.05) is 53.4 Å². The summed E-state index contributed by atoms with van der Waals surface area (Å²) in [6, 6.07) is 14.6. The van der Waals surface area contributed by atoms with Crippen molar-refractivity contribution in [2.75, 3.05) is 13.7 Å².